The zero-order valence-corrected chi connectivity index (χ0v) is 7.28. The summed E-state index contributed by atoms with van der Waals surface area (Å²) in [7, 11) is 2.73. The first kappa shape index (κ1) is 11.7. The molecule has 0 aromatic rings. The summed E-state index contributed by atoms with van der Waals surface area (Å²) in [5, 5.41) is 0. The molecule has 0 saturated heterocycles. The van der Waals surface area contributed by atoms with Gasteiger partial charge in [0.25, 0.3) is 0 Å². The Morgan fingerprint density at radius 2 is 1.75 bits per heavy atom. The van der Waals surface area contributed by atoms with Gasteiger partial charge in [-0.05, 0) is 12.6 Å². The summed E-state index contributed by atoms with van der Waals surface area (Å²) in [5.74, 6) is 0. The fourth-order valence-electron chi connectivity index (χ4n) is 0.498. The SMILES string of the molecule is [CH2-]CCCCCP.[Ni]. The molecular weight excluding hydrogens is 162 g/mol. The van der Waals surface area contributed by atoms with Crippen LogP contribution in [-0.4, -0.2) is 6.16 Å². The Balaban J connectivity index is 0. The molecule has 0 aliphatic carbocycles. The minimum absolute atomic E-state index is 0. The van der Waals surface area contributed by atoms with Crippen molar-refractivity contribution in [3.8, 4) is 0 Å². The second kappa shape index (κ2) is 10.8. The Labute approximate surface area is 64.9 Å². The molecular formula is C6H14NiP-. The first-order valence-corrected chi connectivity index (χ1v) is 3.72. The zero-order chi connectivity index (χ0) is 5.54. The molecule has 0 spiro atoms. The molecule has 0 nitrogen and oxygen atoms in total. The molecule has 54 valence electrons. The molecule has 0 fully saturated rings. The molecule has 0 saturated carbocycles. The zero-order valence-electron chi connectivity index (χ0n) is 5.14. The van der Waals surface area contributed by atoms with Gasteiger partial charge in [-0.25, -0.2) is 0 Å². The van der Waals surface area contributed by atoms with Gasteiger partial charge in [-0.2, -0.15) is 6.42 Å². The average molecular weight is 176 g/mol. The summed E-state index contributed by atoms with van der Waals surface area (Å²) in [5.41, 5.74) is 0. The van der Waals surface area contributed by atoms with Crippen LogP contribution in [0.4, 0.5) is 0 Å². The molecule has 0 aromatic carbocycles. The Hall–Kier alpha value is 0.924. The van der Waals surface area contributed by atoms with E-state index in [2.05, 4.69) is 16.2 Å². The Kier molecular flexibility index (Phi) is 15.8. The summed E-state index contributed by atoms with van der Waals surface area (Å²) in [4.78, 5) is 0. The molecule has 0 bridgehead atoms. The molecule has 0 amide bonds. The number of rotatable bonds is 4. The van der Waals surface area contributed by atoms with Gasteiger partial charge < -0.3 is 6.92 Å². The second-order valence-corrected chi connectivity index (χ2v) is 2.28. The number of hydrogen-bond donors (Lipinski definition) is 0. The smallest absolute Gasteiger partial charge is 0 e. The quantitative estimate of drug-likeness (QED) is 0.266. The number of hydrogen-bond acceptors (Lipinski definition) is 0. The Morgan fingerprint density at radius 1 is 1.12 bits per heavy atom. The third-order valence-electron chi connectivity index (χ3n) is 0.954. The van der Waals surface area contributed by atoms with Crippen molar-refractivity contribution in [3.63, 3.8) is 0 Å². The molecule has 2 heteroatoms. The van der Waals surface area contributed by atoms with E-state index < -0.39 is 0 Å². The van der Waals surface area contributed by atoms with Gasteiger partial charge in [0.2, 0.25) is 0 Å². The largest absolute Gasteiger partial charge is 0.343 e. The van der Waals surface area contributed by atoms with Crippen molar-refractivity contribution >= 4 is 9.24 Å². The van der Waals surface area contributed by atoms with Crippen LogP contribution in [0.1, 0.15) is 25.7 Å². The third-order valence-corrected chi connectivity index (χ3v) is 1.36. The first-order valence-electron chi connectivity index (χ1n) is 2.91. The van der Waals surface area contributed by atoms with E-state index in [0.717, 1.165) is 6.42 Å². The molecule has 0 aliphatic rings. The van der Waals surface area contributed by atoms with Crippen molar-refractivity contribution in [1.29, 1.82) is 0 Å². The van der Waals surface area contributed by atoms with Crippen LogP contribution in [0.2, 0.25) is 0 Å². The van der Waals surface area contributed by atoms with E-state index in [1.54, 1.807) is 0 Å². The molecule has 0 aromatic heterocycles. The van der Waals surface area contributed by atoms with Crippen molar-refractivity contribution in [2.75, 3.05) is 6.16 Å². The van der Waals surface area contributed by atoms with E-state index in [1.165, 1.54) is 25.4 Å². The Morgan fingerprint density at radius 3 is 2.12 bits per heavy atom. The van der Waals surface area contributed by atoms with Crippen LogP contribution >= 0.6 is 9.24 Å². The van der Waals surface area contributed by atoms with Gasteiger partial charge in [0.1, 0.15) is 0 Å². The van der Waals surface area contributed by atoms with Crippen LogP contribution in [0.15, 0.2) is 0 Å². The van der Waals surface area contributed by atoms with E-state index >= 15 is 0 Å². The van der Waals surface area contributed by atoms with Crippen molar-refractivity contribution in [2.24, 2.45) is 0 Å². The van der Waals surface area contributed by atoms with Crippen LogP contribution in [0.5, 0.6) is 0 Å². The molecule has 0 N–H and O–H groups in total. The van der Waals surface area contributed by atoms with Gasteiger partial charge in [0.05, 0.1) is 0 Å². The first-order chi connectivity index (χ1) is 3.41. The van der Waals surface area contributed by atoms with Gasteiger partial charge in [-0.1, -0.05) is 12.8 Å². The minimum atomic E-state index is 0. The van der Waals surface area contributed by atoms with Crippen LogP contribution in [0, 0.1) is 6.92 Å². The van der Waals surface area contributed by atoms with Crippen LogP contribution < -0.4 is 0 Å². The second-order valence-electron chi connectivity index (χ2n) is 1.70. The fraction of sp³-hybridized carbons (Fsp3) is 0.833. The molecule has 8 heavy (non-hydrogen) atoms. The standard InChI is InChI=1S/C6H14P.Ni/c1-2-3-4-5-6-7;/h1-7H2;/q-1;. The van der Waals surface area contributed by atoms with E-state index in [4.69, 9.17) is 0 Å². The molecule has 1 unspecified atom stereocenters. The van der Waals surface area contributed by atoms with E-state index in [9.17, 15) is 0 Å². The topological polar surface area (TPSA) is 0 Å². The Bertz CT molecular complexity index is 27.7. The summed E-state index contributed by atoms with van der Waals surface area (Å²) in [6.45, 7) is 3.75. The van der Waals surface area contributed by atoms with Crippen LogP contribution in [0.3, 0.4) is 0 Å². The molecule has 0 heterocycles. The van der Waals surface area contributed by atoms with Gasteiger partial charge in [-0.15, -0.1) is 9.24 Å². The van der Waals surface area contributed by atoms with Gasteiger partial charge in [-0.3, -0.25) is 0 Å². The van der Waals surface area contributed by atoms with Crippen molar-refractivity contribution in [2.45, 2.75) is 25.7 Å². The van der Waals surface area contributed by atoms with E-state index in [1.807, 2.05) is 0 Å². The van der Waals surface area contributed by atoms with Crippen molar-refractivity contribution in [1.82, 2.24) is 0 Å². The maximum Gasteiger partial charge on any atom is 0 e. The summed E-state index contributed by atoms with van der Waals surface area (Å²) >= 11 is 0. The van der Waals surface area contributed by atoms with Gasteiger partial charge >= 0.3 is 0 Å². The molecule has 0 radical (unpaired) electrons. The minimum Gasteiger partial charge on any atom is -0.343 e. The maximum absolute atomic E-state index is 3.75. The predicted octanol–water partition coefficient (Wildman–Crippen LogP) is 2.25. The van der Waals surface area contributed by atoms with E-state index in [0.29, 0.717) is 0 Å². The summed E-state index contributed by atoms with van der Waals surface area (Å²) < 4.78 is 0. The average Bonchev–Trinajstić information content (AvgIpc) is 1.69. The molecule has 0 aliphatic heterocycles. The van der Waals surface area contributed by atoms with Crippen molar-refractivity contribution < 1.29 is 16.5 Å². The summed E-state index contributed by atoms with van der Waals surface area (Å²) in [6, 6.07) is 0. The number of unbranched alkanes of at least 4 members (excludes halogenated alkanes) is 3. The molecule has 1 atom stereocenters. The van der Waals surface area contributed by atoms with Crippen LogP contribution in [-0.2, 0) is 16.5 Å². The summed E-state index contributed by atoms with van der Waals surface area (Å²) in [6.07, 6.45) is 6.35. The fourth-order valence-corrected chi connectivity index (χ4v) is 0.787. The van der Waals surface area contributed by atoms with E-state index in [-0.39, 0.29) is 16.5 Å². The van der Waals surface area contributed by atoms with Crippen molar-refractivity contribution in [3.05, 3.63) is 6.92 Å². The van der Waals surface area contributed by atoms with Crippen LogP contribution in [0.25, 0.3) is 0 Å². The van der Waals surface area contributed by atoms with Gasteiger partial charge in [0.15, 0.2) is 0 Å². The predicted molar refractivity (Wildman–Crippen MR) is 38.4 cm³/mol. The third kappa shape index (κ3) is 10.0. The normalized spacial score (nSPS) is 8.25. The maximum atomic E-state index is 3.75. The van der Waals surface area contributed by atoms with Gasteiger partial charge in [0, 0.05) is 16.5 Å². The monoisotopic (exact) mass is 175 g/mol. The molecule has 0 rings (SSSR count).